The standard InChI is InChI=1S/C34H41FN6O3/c1-24-6-2-7-25-8-3-9-30(32(24)25)41-14-11-28-29(22-41)36-34(43-19-5-13-40-21-27-20-26(40)23-44-27)37-33(28)39-17-15-38(16-18-39)31(42)10-4-12-35/h2-4,6-10,26-27H,5,11-23H2,1H3/b10-4+/t26-,27-/m0/s1. The molecule has 0 aliphatic carbocycles. The Morgan fingerprint density at radius 1 is 1.09 bits per heavy atom. The fraction of sp³-hybridized carbons (Fsp3) is 0.500. The summed E-state index contributed by atoms with van der Waals surface area (Å²) in [5, 5.41) is 2.53. The summed E-state index contributed by atoms with van der Waals surface area (Å²) in [6.45, 7) is 8.94. The number of aryl methyl sites for hydroxylation is 1. The number of halogens is 1. The Bertz CT molecular complexity index is 1540. The van der Waals surface area contributed by atoms with Crippen LogP contribution in [0.4, 0.5) is 15.9 Å². The van der Waals surface area contributed by atoms with Crippen molar-refractivity contribution in [3.8, 4) is 6.01 Å². The number of allylic oxidation sites excluding steroid dienone is 1. The van der Waals surface area contributed by atoms with Crippen LogP contribution in [0.3, 0.4) is 0 Å². The highest BCUT2D eigenvalue weighted by Crippen LogP contribution is 2.35. The van der Waals surface area contributed by atoms with E-state index in [1.807, 2.05) is 0 Å². The molecule has 2 aromatic carbocycles. The molecule has 5 heterocycles. The minimum absolute atomic E-state index is 0.144. The summed E-state index contributed by atoms with van der Waals surface area (Å²) < 4.78 is 24.5. The van der Waals surface area contributed by atoms with Crippen molar-refractivity contribution >= 4 is 28.2 Å². The van der Waals surface area contributed by atoms with Gasteiger partial charge in [0.15, 0.2) is 0 Å². The molecule has 1 amide bonds. The van der Waals surface area contributed by atoms with E-state index in [4.69, 9.17) is 19.4 Å². The SMILES string of the molecule is Cc1cccc2cccc(N3CCc4c(nc(OCCCN5C[C@@H]6C[C@H]5CO6)nc4N4CCN(C(=O)/C=C/CF)CC4)C3)c12. The molecule has 44 heavy (non-hydrogen) atoms. The van der Waals surface area contributed by atoms with Crippen LogP contribution < -0.4 is 14.5 Å². The molecule has 0 saturated carbocycles. The Labute approximate surface area is 258 Å². The van der Waals surface area contributed by atoms with E-state index in [0.717, 1.165) is 62.6 Å². The van der Waals surface area contributed by atoms with Crippen LogP contribution in [0.1, 0.15) is 29.7 Å². The largest absolute Gasteiger partial charge is 0.463 e. The third-order valence-corrected chi connectivity index (χ3v) is 9.53. The first-order chi connectivity index (χ1) is 21.6. The number of anilines is 2. The van der Waals surface area contributed by atoms with Crippen molar-refractivity contribution in [1.82, 2.24) is 19.8 Å². The number of amides is 1. The van der Waals surface area contributed by atoms with Crippen LogP contribution >= 0.6 is 0 Å². The lowest BCUT2D eigenvalue weighted by atomic mass is 9.99. The summed E-state index contributed by atoms with van der Waals surface area (Å²) in [7, 11) is 0. The molecule has 1 aromatic heterocycles. The van der Waals surface area contributed by atoms with Crippen LogP contribution in [0.5, 0.6) is 6.01 Å². The van der Waals surface area contributed by atoms with Gasteiger partial charge in [0, 0.05) is 74.6 Å². The maximum Gasteiger partial charge on any atom is 0.318 e. The lowest BCUT2D eigenvalue weighted by molar-refractivity contribution is -0.126. The number of benzene rings is 2. The Kier molecular flexibility index (Phi) is 8.36. The number of alkyl halides is 1. The Morgan fingerprint density at radius 3 is 2.70 bits per heavy atom. The van der Waals surface area contributed by atoms with Crippen molar-refractivity contribution in [3.63, 3.8) is 0 Å². The average Bonchev–Trinajstić information content (AvgIpc) is 3.69. The van der Waals surface area contributed by atoms with Crippen LogP contribution in [0.2, 0.25) is 0 Å². The molecule has 9 nitrogen and oxygen atoms in total. The fourth-order valence-corrected chi connectivity index (χ4v) is 7.26. The van der Waals surface area contributed by atoms with Gasteiger partial charge in [-0.15, -0.1) is 0 Å². The van der Waals surface area contributed by atoms with Gasteiger partial charge < -0.3 is 24.2 Å². The Morgan fingerprint density at radius 2 is 1.93 bits per heavy atom. The number of ether oxygens (including phenoxy) is 2. The van der Waals surface area contributed by atoms with E-state index >= 15 is 0 Å². The molecule has 0 N–H and O–H groups in total. The van der Waals surface area contributed by atoms with Crippen LogP contribution in [0.25, 0.3) is 10.8 Å². The number of carbonyl (C=O) groups is 1. The van der Waals surface area contributed by atoms with Crippen molar-refractivity contribution in [2.24, 2.45) is 0 Å². The maximum atomic E-state index is 12.6. The molecule has 3 aromatic rings. The normalized spacial score (nSPS) is 21.9. The molecular formula is C34H41FN6O3. The number of rotatable bonds is 9. The van der Waals surface area contributed by atoms with Gasteiger partial charge in [-0.1, -0.05) is 30.3 Å². The second-order valence-electron chi connectivity index (χ2n) is 12.3. The van der Waals surface area contributed by atoms with Gasteiger partial charge in [0.1, 0.15) is 12.5 Å². The number of nitrogens with zero attached hydrogens (tertiary/aromatic N) is 6. The molecular weight excluding hydrogens is 559 g/mol. The van der Waals surface area contributed by atoms with Gasteiger partial charge in [-0.25, -0.2) is 4.39 Å². The first-order valence-electron chi connectivity index (χ1n) is 16.0. The van der Waals surface area contributed by atoms with E-state index < -0.39 is 6.67 Å². The molecule has 4 aliphatic heterocycles. The van der Waals surface area contributed by atoms with Gasteiger partial charge >= 0.3 is 6.01 Å². The van der Waals surface area contributed by atoms with Crippen LogP contribution in [-0.2, 0) is 22.5 Å². The highest BCUT2D eigenvalue weighted by Gasteiger charge is 2.38. The topological polar surface area (TPSA) is 74.3 Å². The smallest absolute Gasteiger partial charge is 0.318 e. The molecule has 0 unspecified atom stereocenters. The number of hydrogen-bond donors (Lipinski definition) is 0. The quantitative estimate of drug-likeness (QED) is 0.271. The third-order valence-electron chi connectivity index (χ3n) is 9.53. The first kappa shape index (κ1) is 29.0. The van der Waals surface area contributed by atoms with Crippen LogP contribution in [0.15, 0.2) is 48.6 Å². The number of morpholine rings is 1. The zero-order valence-electron chi connectivity index (χ0n) is 25.5. The van der Waals surface area contributed by atoms with Crippen molar-refractivity contribution in [2.45, 2.75) is 44.9 Å². The molecule has 0 spiro atoms. The summed E-state index contributed by atoms with van der Waals surface area (Å²) in [5.74, 6) is 0.772. The molecule has 232 valence electrons. The predicted octanol–water partition coefficient (Wildman–Crippen LogP) is 3.92. The van der Waals surface area contributed by atoms with Gasteiger partial charge in [-0.05, 0) is 49.3 Å². The van der Waals surface area contributed by atoms with E-state index in [9.17, 15) is 9.18 Å². The maximum absolute atomic E-state index is 12.6. The van der Waals surface area contributed by atoms with Gasteiger partial charge in [0.05, 0.1) is 31.6 Å². The molecule has 3 fully saturated rings. The highest BCUT2D eigenvalue weighted by molar-refractivity contribution is 5.97. The van der Waals surface area contributed by atoms with E-state index in [1.165, 1.54) is 34.2 Å². The number of carbonyl (C=O) groups excluding carboxylic acids is 1. The molecule has 2 atom stereocenters. The minimum atomic E-state index is -0.634. The monoisotopic (exact) mass is 600 g/mol. The lowest BCUT2D eigenvalue weighted by Gasteiger charge is -2.38. The summed E-state index contributed by atoms with van der Waals surface area (Å²) >= 11 is 0. The van der Waals surface area contributed by atoms with E-state index in [1.54, 1.807) is 4.90 Å². The summed E-state index contributed by atoms with van der Waals surface area (Å²) in [4.78, 5) is 31.4. The molecule has 10 heteroatoms. The summed E-state index contributed by atoms with van der Waals surface area (Å²) in [5.41, 5.74) is 4.66. The molecule has 2 bridgehead atoms. The zero-order chi connectivity index (χ0) is 30.0. The summed E-state index contributed by atoms with van der Waals surface area (Å²) in [6.07, 6.45) is 5.88. The average molecular weight is 601 g/mol. The molecule has 7 rings (SSSR count). The van der Waals surface area contributed by atoms with Gasteiger partial charge in [-0.3, -0.25) is 9.69 Å². The van der Waals surface area contributed by atoms with E-state index in [-0.39, 0.29) is 5.91 Å². The second-order valence-corrected chi connectivity index (χ2v) is 12.3. The number of aromatic nitrogens is 2. The number of fused-ring (bicyclic) bond motifs is 4. The molecule has 3 saturated heterocycles. The van der Waals surface area contributed by atoms with Gasteiger partial charge in [-0.2, -0.15) is 9.97 Å². The van der Waals surface area contributed by atoms with Crippen molar-refractivity contribution in [1.29, 1.82) is 0 Å². The molecule has 4 aliphatic rings. The number of piperazine rings is 1. The minimum Gasteiger partial charge on any atom is -0.463 e. The van der Waals surface area contributed by atoms with Crippen LogP contribution in [0, 0.1) is 6.92 Å². The van der Waals surface area contributed by atoms with E-state index in [2.05, 4.69) is 58.0 Å². The zero-order valence-corrected chi connectivity index (χ0v) is 25.5. The molecule has 0 radical (unpaired) electrons. The number of hydrogen-bond acceptors (Lipinski definition) is 8. The second kappa shape index (κ2) is 12.7. The first-order valence-corrected chi connectivity index (χ1v) is 16.0. The lowest BCUT2D eigenvalue weighted by Crippen LogP contribution is -2.49. The highest BCUT2D eigenvalue weighted by atomic mass is 19.1. The van der Waals surface area contributed by atoms with Gasteiger partial charge in [0.25, 0.3) is 0 Å². The summed E-state index contributed by atoms with van der Waals surface area (Å²) in [6, 6.07) is 14.0. The van der Waals surface area contributed by atoms with Crippen molar-refractivity contribution in [3.05, 3.63) is 65.4 Å². The fourth-order valence-electron chi connectivity index (χ4n) is 7.26. The number of likely N-dealkylation sites (tertiary alicyclic amines) is 1. The predicted molar refractivity (Wildman–Crippen MR) is 169 cm³/mol. The van der Waals surface area contributed by atoms with E-state index in [0.29, 0.717) is 57.5 Å². The third kappa shape index (κ3) is 5.85. The Hall–Kier alpha value is -3.76. The van der Waals surface area contributed by atoms with Gasteiger partial charge in [0.2, 0.25) is 5.91 Å². The van der Waals surface area contributed by atoms with Crippen molar-refractivity contribution in [2.75, 3.05) is 75.5 Å². The van der Waals surface area contributed by atoms with Crippen LogP contribution in [-0.4, -0.2) is 104 Å². The Balaban J connectivity index is 1.11. The van der Waals surface area contributed by atoms with Crippen molar-refractivity contribution < 1.29 is 18.7 Å².